The second-order valence-corrected chi connectivity index (χ2v) is 5.94. The van der Waals surface area contributed by atoms with E-state index in [1.165, 1.54) is 4.88 Å². The summed E-state index contributed by atoms with van der Waals surface area (Å²) in [4.78, 5) is 14.2. The maximum atomic E-state index is 10.8. The van der Waals surface area contributed by atoms with Gasteiger partial charge in [0.1, 0.15) is 0 Å². The third-order valence-corrected chi connectivity index (χ3v) is 4.42. The van der Waals surface area contributed by atoms with Gasteiger partial charge in [0.2, 0.25) is 0 Å². The molecule has 1 aliphatic rings. The van der Waals surface area contributed by atoms with E-state index < -0.39 is 5.97 Å². The van der Waals surface area contributed by atoms with Crippen molar-refractivity contribution in [3.8, 4) is 0 Å². The summed E-state index contributed by atoms with van der Waals surface area (Å²) >= 11 is 5.11. The van der Waals surface area contributed by atoms with Crippen molar-refractivity contribution in [1.29, 1.82) is 0 Å². The molecule has 1 atom stereocenters. The molecular weight excluding hydrogens is 306 g/mol. The summed E-state index contributed by atoms with van der Waals surface area (Å²) < 4.78 is 6.43. The molecule has 0 radical (unpaired) electrons. The fourth-order valence-electron chi connectivity index (χ4n) is 1.92. The van der Waals surface area contributed by atoms with Gasteiger partial charge in [0.25, 0.3) is 0 Å². The highest BCUT2D eigenvalue weighted by atomic mass is 79.9. The number of carboxylic acids is 1. The first-order valence-corrected chi connectivity index (χ1v) is 7.09. The Morgan fingerprint density at radius 2 is 2.53 bits per heavy atom. The lowest BCUT2D eigenvalue weighted by Gasteiger charge is -2.34. The Kier molecular flexibility index (Phi) is 4.55. The average molecular weight is 320 g/mol. The summed E-state index contributed by atoms with van der Waals surface area (Å²) in [5, 5.41) is 10.9. The summed E-state index contributed by atoms with van der Waals surface area (Å²) in [6, 6.07) is 2.07. The molecule has 4 nitrogen and oxygen atoms in total. The van der Waals surface area contributed by atoms with Gasteiger partial charge in [-0.2, -0.15) is 0 Å². The highest BCUT2D eigenvalue weighted by Gasteiger charge is 2.25. The second kappa shape index (κ2) is 5.95. The number of carboxylic acid groups (broad SMARTS) is 1. The number of halogens is 1. The van der Waals surface area contributed by atoms with Gasteiger partial charge >= 0.3 is 5.97 Å². The normalized spacial score (nSPS) is 21.6. The van der Waals surface area contributed by atoms with Gasteiger partial charge in [0.05, 0.1) is 19.6 Å². The number of aliphatic carboxylic acids is 1. The first-order chi connectivity index (χ1) is 8.15. The molecule has 0 bridgehead atoms. The summed E-state index contributed by atoms with van der Waals surface area (Å²) in [7, 11) is 0. The van der Waals surface area contributed by atoms with Crippen LogP contribution in [0, 0.1) is 0 Å². The van der Waals surface area contributed by atoms with Gasteiger partial charge in [0, 0.05) is 33.9 Å². The molecule has 0 spiro atoms. The van der Waals surface area contributed by atoms with E-state index in [1.807, 2.05) is 5.38 Å². The van der Waals surface area contributed by atoms with Gasteiger partial charge in [-0.3, -0.25) is 9.69 Å². The molecule has 1 saturated heterocycles. The van der Waals surface area contributed by atoms with Crippen LogP contribution in [-0.4, -0.2) is 41.8 Å². The largest absolute Gasteiger partial charge is 0.481 e. The first-order valence-electron chi connectivity index (χ1n) is 5.41. The van der Waals surface area contributed by atoms with Crippen LogP contribution in [-0.2, 0) is 16.1 Å². The number of morpholine rings is 1. The molecule has 1 N–H and O–H groups in total. The molecule has 1 fully saturated rings. The minimum absolute atomic E-state index is 0.0119. The Morgan fingerprint density at radius 3 is 3.18 bits per heavy atom. The molecule has 94 valence electrons. The Labute approximate surface area is 112 Å². The van der Waals surface area contributed by atoms with E-state index in [4.69, 9.17) is 9.84 Å². The molecule has 0 saturated carbocycles. The number of ether oxygens (including phenoxy) is 1. The van der Waals surface area contributed by atoms with Crippen molar-refractivity contribution in [3.63, 3.8) is 0 Å². The van der Waals surface area contributed by atoms with E-state index in [0.717, 1.165) is 17.6 Å². The number of carbonyl (C=O) groups is 1. The topological polar surface area (TPSA) is 49.8 Å². The molecule has 0 aromatic carbocycles. The minimum Gasteiger partial charge on any atom is -0.481 e. The second-order valence-electron chi connectivity index (χ2n) is 4.03. The summed E-state index contributed by atoms with van der Waals surface area (Å²) in [5.74, 6) is -0.766. The highest BCUT2D eigenvalue weighted by Crippen LogP contribution is 2.23. The lowest BCUT2D eigenvalue weighted by Crippen LogP contribution is -2.45. The van der Waals surface area contributed by atoms with Crippen LogP contribution >= 0.6 is 27.3 Å². The van der Waals surface area contributed by atoms with Crippen molar-refractivity contribution in [2.75, 3.05) is 19.8 Å². The third kappa shape index (κ3) is 3.77. The van der Waals surface area contributed by atoms with E-state index in [2.05, 4.69) is 26.9 Å². The fourth-order valence-corrected chi connectivity index (χ4v) is 3.40. The molecule has 0 amide bonds. The number of thiophene rings is 1. The maximum absolute atomic E-state index is 10.8. The van der Waals surface area contributed by atoms with Crippen LogP contribution in [0.2, 0.25) is 0 Å². The van der Waals surface area contributed by atoms with Crippen molar-refractivity contribution >= 4 is 33.2 Å². The summed E-state index contributed by atoms with van der Waals surface area (Å²) in [6.07, 6.45) is 0.145. The van der Waals surface area contributed by atoms with Gasteiger partial charge in [-0.15, -0.1) is 11.3 Å². The zero-order valence-electron chi connectivity index (χ0n) is 9.26. The molecule has 2 rings (SSSR count). The van der Waals surface area contributed by atoms with Crippen LogP contribution in [0.25, 0.3) is 0 Å². The van der Waals surface area contributed by atoms with Gasteiger partial charge in [-0.25, -0.2) is 0 Å². The van der Waals surface area contributed by atoms with Gasteiger partial charge in [0.15, 0.2) is 0 Å². The van der Waals surface area contributed by atoms with Crippen LogP contribution in [0.1, 0.15) is 11.3 Å². The van der Waals surface area contributed by atoms with Crippen LogP contribution in [0.15, 0.2) is 15.9 Å². The van der Waals surface area contributed by atoms with Crippen molar-refractivity contribution in [2.45, 2.75) is 19.0 Å². The van der Waals surface area contributed by atoms with Crippen molar-refractivity contribution in [3.05, 3.63) is 20.8 Å². The van der Waals surface area contributed by atoms with Crippen LogP contribution in [0.5, 0.6) is 0 Å². The van der Waals surface area contributed by atoms with Gasteiger partial charge in [-0.1, -0.05) is 0 Å². The van der Waals surface area contributed by atoms with E-state index in [0.29, 0.717) is 13.2 Å². The lowest BCUT2D eigenvalue weighted by molar-refractivity contribution is -0.140. The fraction of sp³-hybridized carbons (Fsp3) is 0.545. The Balaban J connectivity index is 1.98. The Hall–Kier alpha value is -0.430. The van der Waals surface area contributed by atoms with Gasteiger partial charge < -0.3 is 9.84 Å². The monoisotopic (exact) mass is 319 g/mol. The van der Waals surface area contributed by atoms with Crippen LogP contribution in [0.4, 0.5) is 0 Å². The van der Waals surface area contributed by atoms with Crippen molar-refractivity contribution < 1.29 is 14.6 Å². The SMILES string of the molecule is O=C(O)CC1COCCN1Cc1cc(Br)cs1. The predicted octanol–water partition coefficient (Wildman–Crippen LogP) is 2.19. The third-order valence-electron chi connectivity index (χ3n) is 2.74. The molecule has 1 unspecified atom stereocenters. The lowest BCUT2D eigenvalue weighted by atomic mass is 10.1. The maximum Gasteiger partial charge on any atom is 0.305 e. The number of hydrogen-bond acceptors (Lipinski definition) is 4. The van der Waals surface area contributed by atoms with Crippen molar-refractivity contribution in [1.82, 2.24) is 4.90 Å². The molecule has 1 aliphatic heterocycles. The number of hydrogen-bond donors (Lipinski definition) is 1. The smallest absolute Gasteiger partial charge is 0.305 e. The Morgan fingerprint density at radius 1 is 1.71 bits per heavy atom. The van der Waals surface area contributed by atoms with Crippen molar-refractivity contribution in [2.24, 2.45) is 0 Å². The summed E-state index contributed by atoms with van der Waals surface area (Å²) in [6.45, 7) is 2.80. The average Bonchev–Trinajstić information content (AvgIpc) is 2.66. The molecule has 1 aromatic rings. The summed E-state index contributed by atoms with van der Waals surface area (Å²) in [5.41, 5.74) is 0. The van der Waals surface area contributed by atoms with Crippen LogP contribution in [0.3, 0.4) is 0 Å². The number of rotatable bonds is 4. The van der Waals surface area contributed by atoms with E-state index in [9.17, 15) is 4.79 Å². The minimum atomic E-state index is -0.766. The highest BCUT2D eigenvalue weighted by molar-refractivity contribution is 9.10. The van der Waals surface area contributed by atoms with Crippen LogP contribution < -0.4 is 0 Å². The van der Waals surface area contributed by atoms with Gasteiger partial charge in [-0.05, 0) is 22.0 Å². The molecule has 0 aliphatic carbocycles. The zero-order chi connectivity index (χ0) is 12.3. The molecule has 1 aromatic heterocycles. The first kappa shape index (κ1) is 13.0. The molecular formula is C11H14BrNO3S. The Bertz CT molecular complexity index is 396. The predicted molar refractivity (Wildman–Crippen MR) is 69.3 cm³/mol. The standard InChI is InChI=1S/C11H14BrNO3S/c12-8-3-10(17-7-8)5-13-1-2-16-6-9(13)4-11(14)15/h3,7,9H,1-2,4-6H2,(H,14,15). The molecule has 2 heterocycles. The van der Waals surface area contributed by atoms with E-state index in [1.54, 1.807) is 11.3 Å². The van der Waals surface area contributed by atoms with E-state index in [-0.39, 0.29) is 12.5 Å². The molecule has 17 heavy (non-hydrogen) atoms. The number of nitrogens with zero attached hydrogens (tertiary/aromatic N) is 1. The van der Waals surface area contributed by atoms with E-state index >= 15 is 0 Å². The quantitative estimate of drug-likeness (QED) is 0.924. The zero-order valence-corrected chi connectivity index (χ0v) is 11.7. The molecule has 6 heteroatoms.